The van der Waals surface area contributed by atoms with Gasteiger partial charge in [-0.25, -0.2) is 19.0 Å². The van der Waals surface area contributed by atoms with Crippen LogP contribution in [0.25, 0.3) is 16.7 Å². The van der Waals surface area contributed by atoms with E-state index in [4.69, 9.17) is 26.7 Å². The van der Waals surface area contributed by atoms with E-state index in [1.165, 1.54) is 12.1 Å². The van der Waals surface area contributed by atoms with Crippen LogP contribution in [0.2, 0.25) is 5.02 Å². The average molecular weight is 535 g/mol. The molecule has 198 valence electrons. The molecule has 1 amide bonds. The lowest BCUT2D eigenvalue weighted by molar-refractivity contribution is 0.0767. The van der Waals surface area contributed by atoms with Crippen LogP contribution in [-0.2, 0) is 6.42 Å². The lowest BCUT2D eigenvalue weighted by Crippen LogP contribution is -2.35. The van der Waals surface area contributed by atoms with Crippen LogP contribution in [0, 0.1) is 18.7 Å². The van der Waals surface area contributed by atoms with E-state index in [1.807, 2.05) is 11.8 Å². The molecule has 3 heterocycles. The molecule has 0 unspecified atom stereocenters. The number of aromatic nitrogens is 4. The number of fused-ring (bicyclic) bond motifs is 1. The summed E-state index contributed by atoms with van der Waals surface area (Å²) in [7, 11) is 0. The van der Waals surface area contributed by atoms with Crippen LogP contribution in [0.15, 0.2) is 48.5 Å². The van der Waals surface area contributed by atoms with E-state index in [2.05, 4.69) is 18.7 Å². The van der Waals surface area contributed by atoms with E-state index in [0.717, 1.165) is 59.9 Å². The van der Waals surface area contributed by atoms with Gasteiger partial charge in [0.15, 0.2) is 5.65 Å². The van der Waals surface area contributed by atoms with Crippen LogP contribution in [0.5, 0.6) is 0 Å². The number of rotatable bonds is 6. The van der Waals surface area contributed by atoms with Gasteiger partial charge in [-0.2, -0.15) is 5.10 Å². The van der Waals surface area contributed by atoms with Gasteiger partial charge in [0.05, 0.1) is 16.8 Å². The highest BCUT2D eigenvalue weighted by Crippen LogP contribution is 2.30. The number of halogens is 2. The Hall–Kier alpha value is -3.52. The second kappa shape index (κ2) is 11.1. The van der Waals surface area contributed by atoms with Crippen molar-refractivity contribution in [2.24, 2.45) is 5.92 Å². The molecule has 0 spiro atoms. The minimum absolute atomic E-state index is 0.00860. The number of amides is 1. The Morgan fingerprint density at radius 1 is 1.00 bits per heavy atom. The predicted molar refractivity (Wildman–Crippen MR) is 149 cm³/mol. The molecule has 7 nitrogen and oxygen atoms in total. The molecular weight excluding hydrogens is 503 g/mol. The molecule has 0 atom stereocenters. The number of aryl methyl sites for hydroxylation is 2. The van der Waals surface area contributed by atoms with Gasteiger partial charge in [-0.05, 0) is 74.2 Å². The largest absolute Gasteiger partial charge is 0.354 e. The number of anilines is 1. The first-order valence-electron chi connectivity index (χ1n) is 13.1. The number of benzene rings is 2. The molecule has 0 N–H and O–H groups in total. The van der Waals surface area contributed by atoms with E-state index in [1.54, 1.807) is 41.1 Å². The number of hydrogen-bond acceptors (Lipinski definition) is 5. The van der Waals surface area contributed by atoms with E-state index >= 15 is 0 Å². The number of nitrogens with zero attached hydrogens (tertiary/aromatic N) is 6. The van der Waals surface area contributed by atoms with E-state index < -0.39 is 0 Å². The number of carbonyl (C=O) groups excluding carboxylic acids is 1. The lowest BCUT2D eigenvalue weighted by atomic mass is 10.1. The van der Waals surface area contributed by atoms with Gasteiger partial charge in [-0.1, -0.05) is 25.4 Å². The van der Waals surface area contributed by atoms with Crippen LogP contribution >= 0.6 is 11.6 Å². The van der Waals surface area contributed by atoms with Gasteiger partial charge in [0.2, 0.25) is 0 Å². The van der Waals surface area contributed by atoms with Crippen molar-refractivity contribution in [2.75, 3.05) is 31.1 Å². The minimum atomic E-state index is -0.294. The smallest absolute Gasteiger partial charge is 0.253 e. The predicted octanol–water partition coefficient (Wildman–Crippen LogP) is 5.86. The van der Waals surface area contributed by atoms with Gasteiger partial charge in [0.25, 0.3) is 5.91 Å². The Morgan fingerprint density at radius 2 is 1.74 bits per heavy atom. The van der Waals surface area contributed by atoms with Crippen LogP contribution in [0.4, 0.5) is 10.2 Å². The Labute approximate surface area is 227 Å². The van der Waals surface area contributed by atoms with Gasteiger partial charge in [-0.15, -0.1) is 0 Å². The highest BCUT2D eigenvalue weighted by atomic mass is 35.5. The molecule has 0 saturated carbocycles. The van der Waals surface area contributed by atoms with E-state index in [0.29, 0.717) is 36.1 Å². The van der Waals surface area contributed by atoms with Gasteiger partial charge < -0.3 is 9.80 Å². The Bertz CT molecular complexity index is 1430. The Kier molecular flexibility index (Phi) is 7.61. The van der Waals surface area contributed by atoms with Crippen molar-refractivity contribution in [3.63, 3.8) is 0 Å². The first-order valence-corrected chi connectivity index (χ1v) is 13.5. The van der Waals surface area contributed by atoms with Crippen molar-refractivity contribution in [2.45, 2.75) is 40.0 Å². The van der Waals surface area contributed by atoms with E-state index in [9.17, 15) is 9.18 Å². The first kappa shape index (κ1) is 26.1. The fraction of sp³-hybridized carbons (Fsp3) is 0.379. The molecule has 9 heteroatoms. The molecule has 0 bridgehead atoms. The van der Waals surface area contributed by atoms with Crippen LogP contribution < -0.4 is 4.90 Å². The summed E-state index contributed by atoms with van der Waals surface area (Å²) >= 11 is 6.01. The zero-order valence-corrected chi connectivity index (χ0v) is 22.7. The summed E-state index contributed by atoms with van der Waals surface area (Å²) in [6, 6.07) is 13.3. The molecular formula is C29H32ClFN6O. The van der Waals surface area contributed by atoms with Crippen molar-refractivity contribution in [3.05, 3.63) is 76.5 Å². The standard InChI is InChI=1S/C29H32ClFN6O/c1-19(2)5-14-25-32-27(26-20(3)34-37(28(26)33-25)24-12-10-23(31)11-13-24)35-15-4-16-36(18-17-35)29(38)21-6-8-22(30)9-7-21/h6-13,19H,4-5,14-18H2,1-3H3. The maximum Gasteiger partial charge on any atom is 0.253 e. The highest BCUT2D eigenvalue weighted by molar-refractivity contribution is 6.30. The minimum Gasteiger partial charge on any atom is -0.354 e. The maximum absolute atomic E-state index is 13.6. The van der Waals surface area contributed by atoms with Crippen molar-refractivity contribution >= 4 is 34.4 Å². The third-order valence-electron chi connectivity index (χ3n) is 6.92. The molecule has 1 fully saturated rings. The molecule has 4 aromatic rings. The molecule has 1 aliphatic heterocycles. The van der Waals surface area contributed by atoms with Crippen LogP contribution in [0.1, 0.15) is 48.6 Å². The molecule has 2 aromatic heterocycles. The normalized spacial score (nSPS) is 14.4. The van der Waals surface area contributed by atoms with Gasteiger partial charge >= 0.3 is 0 Å². The summed E-state index contributed by atoms with van der Waals surface area (Å²) in [5.41, 5.74) is 2.92. The lowest BCUT2D eigenvalue weighted by Gasteiger charge is -2.24. The van der Waals surface area contributed by atoms with Gasteiger partial charge in [-0.3, -0.25) is 4.79 Å². The Balaban J connectivity index is 1.49. The zero-order valence-electron chi connectivity index (χ0n) is 22.0. The molecule has 1 aliphatic rings. The van der Waals surface area contributed by atoms with Gasteiger partial charge in [0.1, 0.15) is 17.5 Å². The second-order valence-electron chi connectivity index (χ2n) is 10.2. The average Bonchev–Trinajstić information content (AvgIpc) is 3.07. The van der Waals surface area contributed by atoms with Crippen molar-refractivity contribution in [1.82, 2.24) is 24.6 Å². The first-order chi connectivity index (χ1) is 18.3. The fourth-order valence-corrected chi connectivity index (χ4v) is 4.96. The molecule has 0 radical (unpaired) electrons. The summed E-state index contributed by atoms with van der Waals surface area (Å²) in [6.07, 6.45) is 2.54. The van der Waals surface area contributed by atoms with Gasteiger partial charge in [0, 0.05) is 43.2 Å². The molecule has 2 aromatic carbocycles. The summed E-state index contributed by atoms with van der Waals surface area (Å²) < 4.78 is 15.4. The quantitative estimate of drug-likeness (QED) is 0.310. The summed E-state index contributed by atoms with van der Waals surface area (Å²) in [6.45, 7) is 9.00. The SMILES string of the molecule is Cc1nn(-c2ccc(F)cc2)c2nc(CCC(C)C)nc(N3CCCN(C(=O)c4ccc(Cl)cc4)CC3)c12. The summed E-state index contributed by atoms with van der Waals surface area (Å²) in [5.74, 6) is 1.85. The maximum atomic E-state index is 13.6. The second-order valence-corrected chi connectivity index (χ2v) is 10.6. The molecule has 1 saturated heterocycles. The monoisotopic (exact) mass is 534 g/mol. The third-order valence-corrected chi connectivity index (χ3v) is 7.17. The van der Waals surface area contributed by atoms with Crippen molar-refractivity contribution in [3.8, 4) is 5.69 Å². The zero-order chi connectivity index (χ0) is 26.8. The molecule has 0 aliphatic carbocycles. The highest BCUT2D eigenvalue weighted by Gasteiger charge is 2.25. The van der Waals surface area contributed by atoms with Crippen molar-refractivity contribution < 1.29 is 9.18 Å². The van der Waals surface area contributed by atoms with Crippen molar-refractivity contribution in [1.29, 1.82) is 0 Å². The van der Waals surface area contributed by atoms with E-state index in [-0.39, 0.29) is 11.7 Å². The topological polar surface area (TPSA) is 67.2 Å². The Morgan fingerprint density at radius 3 is 2.45 bits per heavy atom. The van der Waals surface area contributed by atoms with Crippen LogP contribution in [-0.4, -0.2) is 56.7 Å². The summed E-state index contributed by atoms with van der Waals surface area (Å²) in [5, 5.41) is 6.29. The fourth-order valence-electron chi connectivity index (χ4n) is 4.83. The third kappa shape index (κ3) is 5.50. The number of hydrogen-bond donors (Lipinski definition) is 0. The molecule has 38 heavy (non-hydrogen) atoms. The van der Waals surface area contributed by atoms with Crippen LogP contribution in [0.3, 0.4) is 0 Å². The number of carbonyl (C=O) groups is 1. The summed E-state index contributed by atoms with van der Waals surface area (Å²) in [4.78, 5) is 27.3. The molecule has 5 rings (SSSR count).